The first-order chi connectivity index (χ1) is 14.1. The van der Waals surface area contributed by atoms with E-state index in [0.29, 0.717) is 13.2 Å². The minimum Gasteiger partial charge on any atom is -0.454 e. The summed E-state index contributed by atoms with van der Waals surface area (Å²) >= 11 is 0. The largest absolute Gasteiger partial charge is 0.454 e. The van der Waals surface area contributed by atoms with Gasteiger partial charge in [0, 0.05) is 58.2 Å². The number of rotatable bonds is 5. The van der Waals surface area contributed by atoms with Gasteiger partial charge in [-0.3, -0.25) is 14.5 Å². The Morgan fingerprint density at radius 2 is 1.69 bits per heavy atom. The second-order valence-electron chi connectivity index (χ2n) is 8.19. The average molecular weight is 402 g/mol. The molecule has 0 radical (unpaired) electrons. The van der Waals surface area contributed by atoms with Gasteiger partial charge in [-0.05, 0) is 37.0 Å². The summed E-state index contributed by atoms with van der Waals surface area (Å²) in [5.41, 5.74) is 1.21. The van der Waals surface area contributed by atoms with Crippen molar-refractivity contribution in [3.8, 4) is 11.5 Å². The van der Waals surface area contributed by atoms with E-state index in [4.69, 9.17) is 9.47 Å². The first kappa shape index (κ1) is 20.0. The molecule has 29 heavy (non-hydrogen) atoms. The van der Waals surface area contributed by atoms with Crippen LogP contribution >= 0.6 is 0 Å². The van der Waals surface area contributed by atoms with Crippen molar-refractivity contribution in [2.45, 2.75) is 39.2 Å². The predicted octanol–water partition coefficient (Wildman–Crippen LogP) is 2.10. The van der Waals surface area contributed by atoms with Gasteiger partial charge in [-0.25, -0.2) is 0 Å². The van der Waals surface area contributed by atoms with E-state index in [1.807, 2.05) is 28.9 Å². The van der Waals surface area contributed by atoms with Gasteiger partial charge < -0.3 is 19.3 Å². The van der Waals surface area contributed by atoms with E-state index in [0.717, 1.165) is 76.6 Å². The number of piperidine rings is 1. The first-order valence-corrected chi connectivity index (χ1v) is 10.8. The van der Waals surface area contributed by atoms with E-state index in [1.165, 1.54) is 5.56 Å². The lowest BCUT2D eigenvalue weighted by molar-refractivity contribution is -0.142. The molecule has 0 bridgehead atoms. The predicted molar refractivity (Wildman–Crippen MR) is 109 cm³/mol. The van der Waals surface area contributed by atoms with Gasteiger partial charge in [0.25, 0.3) is 0 Å². The van der Waals surface area contributed by atoms with Crippen molar-refractivity contribution in [2.24, 2.45) is 5.92 Å². The summed E-state index contributed by atoms with van der Waals surface area (Å²) in [5, 5.41) is 0. The van der Waals surface area contributed by atoms with E-state index >= 15 is 0 Å². The van der Waals surface area contributed by atoms with Crippen LogP contribution in [0.2, 0.25) is 0 Å². The Balaban J connectivity index is 1.22. The molecule has 4 rings (SSSR count). The second-order valence-corrected chi connectivity index (χ2v) is 8.19. The summed E-state index contributed by atoms with van der Waals surface area (Å²) in [6.07, 6.45) is 3.09. The minimum absolute atomic E-state index is 0.0705. The number of hydrogen-bond donors (Lipinski definition) is 0. The molecule has 0 unspecified atom stereocenters. The highest BCUT2D eigenvalue weighted by molar-refractivity contribution is 5.80. The van der Waals surface area contributed by atoms with Crippen LogP contribution in [0.4, 0.5) is 0 Å². The van der Waals surface area contributed by atoms with Crippen LogP contribution in [0.5, 0.6) is 11.5 Å². The number of hydrogen-bond acceptors (Lipinski definition) is 5. The highest BCUT2D eigenvalue weighted by atomic mass is 16.7. The van der Waals surface area contributed by atoms with Gasteiger partial charge in [0.2, 0.25) is 18.6 Å². The number of benzene rings is 1. The van der Waals surface area contributed by atoms with Gasteiger partial charge >= 0.3 is 0 Å². The zero-order valence-electron chi connectivity index (χ0n) is 17.3. The molecule has 2 fully saturated rings. The molecule has 7 nitrogen and oxygen atoms in total. The number of amides is 2. The van der Waals surface area contributed by atoms with Gasteiger partial charge in [-0.1, -0.05) is 13.0 Å². The molecule has 0 aliphatic carbocycles. The summed E-state index contributed by atoms with van der Waals surface area (Å²) in [4.78, 5) is 31.3. The zero-order valence-corrected chi connectivity index (χ0v) is 17.3. The molecule has 3 aliphatic rings. The Labute approximate surface area is 172 Å². The molecule has 1 aromatic rings. The second kappa shape index (κ2) is 9.03. The van der Waals surface area contributed by atoms with Gasteiger partial charge in [0.05, 0.1) is 0 Å². The molecule has 158 valence electrons. The number of likely N-dealkylation sites (tertiary alicyclic amines) is 1. The maximum absolute atomic E-state index is 12.9. The standard InChI is InChI=1S/C22H31N3O4/c1-2-3-21(26)24-8-6-18(7-9-24)22(27)25-12-10-23(11-13-25)15-17-4-5-19-20(14-17)29-16-28-19/h4-5,14,18H,2-3,6-13,15-16H2,1H3. The van der Waals surface area contributed by atoms with Crippen LogP contribution in [-0.4, -0.2) is 72.6 Å². The molecule has 3 aliphatic heterocycles. The fourth-order valence-corrected chi connectivity index (χ4v) is 4.43. The van der Waals surface area contributed by atoms with Crippen molar-refractivity contribution >= 4 is 11.8 Å². The lowest BCUT2D eigenvalue weighted by Gasteiger charge is -2.38. The van der Waals surface area contributed by atoms with Crippen molar-refractivity contribution in [3.63, 3.8) is 0 Å². The SMILES string of the molecule is CCCC(=O)N1CCC(C(=O)N2CCN(Cc3ccc4c(c3)OCO4)CC2)CC1. The van der Waals surface area contributed by atoms with Crippen molar-refractivity contribution in [2.75, 3.05) is 46.1 Å². The maximum atomic E-state index is 12.9. The van der Waals surface area contributed by atoms with E-state index in [1.54, 1.807) is 0 Å². The lowest BCUT2D eigenvalue weighted by atomic mass is 9.94. The van der Waals surface area contributed by atoms with Crippen molar-refractivity contribution in [3.05, 3.63) is 23.8 Å². The van der Waals surface area contributed by atoms with Gasteiger partial charge in [-0.15, -0.1) is 0 Å². The smallest absolute Gasteiger partial charge is 0.231 e. The fourth-order valence-electron chi connectivity index (χ4n) is 4.43. The van der Waals surface area contributed by atoms with Crippen LogP contribution in [-0.2, 0) is 16.1 Å². The van der Waals surface area contributed by atoms with Crippen LogP contribution in [0.3, 0.4) is 0 Å². The topological polar surface area (TPSA) is 62.3 Å². The van der Waals surface area contributed by atoms with E-state index < -0.39 is 0 Å². The molecule has 1 aromatic carbocycles. The zero-order chi connectivity index (χ0) is 20.2. The van der Waals surface area contributed by atoms with E-state index in [9.17, 15) is 9.59 Å². The van der Waals surface area contributed by atoms with Crippen molar-refractivity contribution in [1.29, 1.82) is 0 Å². The van der Waals surface area contributed by atoms with Crippen LogP contribution < -0.4 is 9.47 Å². The highest BCUT2D eigenvalue weighted by Gasteiger charge is 2.31. The van der Waals surface area contributed by atoms with Crippen LogP contribution in [0.1, 0.15) is 38.2 Å². The molecular weight excluding hydrogens is 370 g/mol. The number of carbonyl (C=O) groups is 2. The summed E-state index contributed by atoms with van der Waals surface area (Å²) in [7, 11) is 0. The van der Waals surface area contributed by atoms with Gasteiger partial charge in [-0.2, -0.15) is 0 Å². The third-order valence-electron chi connectivity index (χ3n) is 6.19. The average Bonchev–Trinajstić information content (AvgIpc) is 3.22. The Bertz CT molecular complexity index is 738. The summed E-state index contributed by atoms with van der Waals surface area (Å²) in [6.45, 7) is 7.94. The molecule has 2 amide bonds. The molecule has 0 N–H and O–H groups in total. The monoisotopic (exact) mass is 401 g/mol. The van der Waals surface area contributed by atoms with Crippen molar-refractivity contribution in [1.82, 2.24) is 14.7 Å². The summed E-state index contributed by atoms with van der Waals surface area (Å²) in [5.74, 6) is 2.21. The highest BCUT2D eigenvalue weighted by Crippen LogP contribution is 2.33. The van der Waals surface area contributed by atoms with Crippen molar-refractivity contribution < 1.29 is 19.1 Å². The lowest BCUT2D eigenvalue weighted by Crippen LogP contribution is -2.51. The number of fused-ring (bicyclic) bond motifs is 1. The first-order valence-electron chi connectivity index (χ1n) is 10.8. The molecule has 3 heterocycles. The molecule has 0 spiro atoms. The molecule has 7 heteroatoms. The normalized spacial score (nSPS) is 20.2. The van der Waals surface area contributed by atoms with Gasteiger partial charge in [0.15, 0.2) is 11.5 Å². The Kier molecular flexibility index (Phi) is 6.23. The minimum atomic E-state index is 0.0705. The van der Waals surface area contributed by atoms with Gasteiger partial charge in [0.1, 0.15) is 0 Å². The number of ether oxygens (including phenoxy) is 2. The van der Waals surface area contributed by atoms with Crippen LogP contribution in [0.15, 0.2) is 18.2 Å². The quantitative estimate of drug-likeness (QED) is 0.756. The maximum Gasteiger partial charge on any atom is 0.231 e. The third kappa shape index (κ3) is 4.66. The Morgan fingerprint density at radius 3 is 2.41 bits per heavy atom. The number of piperazine rings is 1. The summed E-state index contributed by atoms with van der Waals surface area (Å²) < 4.78 is 10.8. The number of nitrogens with zero attached hydrogens (tertiary/aromatic N) is 3. The molecule has 2 saturated heterocycles. The van der Waals surface area contributed by atoms with E-state index in [-0.39, 0.29) is 17.7 Å². The third-order valence-corrected chi connectivity index (χ3v) is 6.19. The van der Waals surface area contributed by atoms with E-state index in [2.05, 4.69) is 11.0 Å². The fraction of sp³-hybridized carbons (Fsp3) is 0.636. The summed E-state index contributed by atoms with van der Waals surface area (Å²) in [6, 6.07) is 6.10. The van der Waals surface area contributed by atoms with Crippen LogP contribution in [0, 0.1) is 5.92 Å². The number of carbonyl (C=O) groups excluding carboxylic acids is 2. The Hall–Kier alpha value is -2.28. The molecule has 0 aromatic heterocycles. The molecule has 0 atom stereocenters. The Morgan fingerprint density at radius 1 is 0.966 bits per heavy atom. The molecule has 0 saturated carbocycles. The molecular formula is C22H31N3O4. The van der Waals surface area contributed by atoms with Crippen LogP contribution in [0.25, 0.3) is 0 Å².